The number of likely N-dealkylation sites (tertiary alicyclic amines) is 1. The van der Waals surface area contributed by atoms with Gasteiger partial charge < -0.3 is 15.0 Å². The van der Waals surface area contributed by atoms with E-state index in [0.29, 0.717) is 13.1 Å². The van der Waals surface area contributed by atoms with E-state index >= 15 is 0 Å². The molecule has 0 aliphatic carbocycles. The van der Waals surface area contributed by atoms with Crippen LogP contribution in [0.25, 0.3) is 0 Å². The Bertz CT molecular complexity index is 849. The van der Waals surface area contributed by atoms with Gasteiger partial charge in [0.25, 0.3) is 5.91 Å². The molecule has 2 fully saturated rings. The van der Waals surface area contributed by atoms with Crippen molar-refractivity contribution in [2.75, 3.05) is 39.4 Å². The molecule has 3 heterocycles. The van der Waals surface area contributed by atoms with Gasteiger partial charge in [-0.25, -0.2) is 0 Å². The van der Waals surface area contributed by atoms with Gasteiger partial charge in [0, 0.05) is 39.3 Å². The standard InChI is InChI=1S/C23H29N3O3S/c27-22(20-6-2-8-26(17-20)23(28)21-7-3-13-30-21)24-15-18-4-1-5-19(14-18)16-25-9-11-29-12-10-25/h1,3-5,7,13-14,20H,2,6,8-12,15-17H2,(H,24,27). The second kappa shape index (κ2) is 10.2. The number of morpholine rings is 1. The average molecular weight is 428 g/mol. The van der Waals surface area contributed by atoms with E-state index in [1.54, 1.807) is 0 Å². The van der Waals surface area contributed by atoms with Crippen LogP contribution in [0.4, 0.5) is 0 Å². The second-order valence-electron chi connectivity index (χ2n) is 7.99. The van der Waals surface area contributed by atoms with Gasteiger partial charge in [-0.15, -0.1) is 11.3 Å². The maximum Gasteiger partial charge on any atom is 0.263 e. The van der Waals surface area contributed by atoms with Crippen molar-refractivity contribution in [1.29, 1.82) is 0 Å². The molecule has 2 amide bonds. The Morgan fingerprint density at radius 2 is 1.93 bits per heavy atom. The van der Waals surface area contributed by atoms with Crippen LogP contribution >= 0.6 is 11.3 Å². The minimum absolute atomic E-state index is 0.0391. The van der Waals surface area contributed by atoms with E-state index in [-0.39, 0.29) is 17.7 Å². The van der Waals surface area contributed by atoms with Crippen molar-refractivity contribution in [3.63, 3.8) is 0 Å². The molecule has 2 aliphatic rings. The van der Waals surface area contributed by atoms with Crippen LogP contribution in [0.15, 0.2) is 41.8 Å². The lowest BCUT2D eigenvalue weighted by molar-refractivity contribution is -0.126. The minimum Gasteiger partial charge on any atom is -0.379 e. The number of nitrogens with zero attached hydrogens (tertiary/aromatic N) is 2. The Labute approximate surface area is 181 Å². The summed E-state index contributed by atoms with van der Waals surface area (Å²) in [7, 11) is 0. The highest BCUT2D eigenvalue weighted by molar-refractivity contribution is 7.12. The first-order valence-corrected chi connectivity index (χ1v) is 11.6. The number of hydrogen-bond acceptors (Lipinski definition) is 5. The molecule has 1 N–H and O–H groups in total. The number of rotatable bonds is 6. The summed E-state index contributed by atoms with van der Waals surface area (Å²) < 4.78 is 5.41. The van der Waals surface area contributed by atoms with Crippen molar-refractivity contribution >= 4 is 23.2 Å². The first-order chi connectivity index (χ1) is 14.7. The van der Waals surface area contributed by atoms with Crippen molar-refractivity contribution < 1.29 is 14.3 Å². The van der Waals surface area contributed by atoms with Gasteiger partial charge in [-0.2, -0.15) is 0 Å². The van der Waals surface area contributed by atoms with Crippen LogP contribution in [0.1, 0.15) is 33.6 Å². The number of carbonyl (C=O) groups excluding carboxylic acids is 2. The molecule has 2 aromatic rings. The lowest BCUT2D eigenvalue weighted by Gasteiger charge is -2.31. The van der Waals surface area contributed by atoms with Crippen molar-refractivity contribution in [3.05, 3.63) is 57.8 Å². The van der Waals surface area contributed by atoms with Crippen LogP contribution in [-0.4, -0.2) is 61.0 Å². The molecule has 1 aromatic carbocycles. The number of carbonyl (C=O) groups is 2. The van der Waals surface area contributed by atoms with E-state index < -0.39 is 0 Å². The smallest absolute Gasteiger partial charge is 0.263 e. The first-order valence-electron chi connectivity index (χ1n) is 10.7. The molecule has 1 atom stereocenters. The number of amides is 2. The summed E-state index contributed by atoms with van der Waals surface area (Å²) in [5, 5.41) is 5.00. The van der Waals surface area contributed by atoms with E-state index in [4.69, 9.17) is 4.74 Å². The molecule has 1 unspecified atom stereocenters. The monoisotopic (exact) mass is 427 g/mol. The van der Waals surface area contributed by atoms with E-state index in [2.05, 4.69) is 34.5 Å². The summed E-state index contributed by atoms with van der Waals surface area (Å²) in [5.74, 6) is -0.0604. The predicted molar refractivity (Wildman–Crippen MR) is 117 cm³/mol. The predicted octanol–water partition coefficient (Wildman–Crippen LogP) is 2.75. The second-order valence-corrected chi connectivity index (χ2v) is 8.94. The third kappa shape index (κ3) is 5.47. The summed E-state index contributed by atoms with van der Waals surface area (Å²) in [6.07, 6.45) is 1.70. The van der Waals surface area contributed by atoms with Gasteiger partial charge in [0.2, 0.25) is 5.91 Å². The number of benzene rings is 1. The average Bonchev–Trinajstić information content (AvgIpc) is 3.33. The van der Waals surface area contributed by atoms with E-state index in [9.17, 15) is 9.59 Å². The Morgan fingerprint density at radius 3 is 2.73 bits per heavy atom. The Balaban J connectivity index is 1.28. The molecule has 0 bridgehead atoms. The van der Waals surface area contributed by atoms with Crippen LogP contribution in [-0.2, 0) is 22.6 Å². The Morgan fingerprint density at radius 1 is 1.10 bits per heavy atom. The first kappa shape index (κ1) is 21.0. The summed E-state index contributed by atoms with van der Waals surface area (Å²) in [6, 6.07) is 12.1. The molecule has 4 rings (SSSR count). The third-order valence-electron chi connectivity index (χ3n) is 5.78. The molecule has 30 heavy (non-hydrogen) atoms. The molecule has 2 saturated heterocycles. The number of hydrogen-bond donors (Lipinski definition) is 1. The van der Waals surface area contributed by atoms with Crippen LogP contribution in [0.5, 0.6) is 0 Å². The highest BCUT2D eigenvalue weighted by Crippen LogP contribution is 2.21. The van der Waals surface area contributed by atoms with E-state index in [0.717, 1.165) is 62.7 Å². The van der Waals surface area contributed by atoms with Gasteiger partial charge in [0.15, 0.2) is 0 Å². The largest absolute Gasteiger partial charge is 0.379 e. The molecule has 2 aliphatic heterocycles. The highest BCUT2D eigenvalue weighted by atomic mass is 32.1. The van der Waals surface area contributed by atoms with E-state index in [1.165, 1.54) is 16.9 Å². The van der Waals surface area contributed by atoms with Gasteiger partial charge in [-0.05, 0) is 35.4 Å². The van der Waals surface area contributed by atoms with Crippen molar-refractivity contribution in [3.8, 4) is 0 Å². The van der Waals surface area contributed by atoms with Crippen LogP contribution in [0.3, 0.4) is 0 Å². The van der Waals surface area contributed by atoms with Gasteiger partial charge >= 0.3 is 0 Å². The van der Waals surface area contributed by atoms with Gasteiger partial charge in [0.1, 0.15) is 0 Å². The lowest BCUT2D eigenvalue weighted by atomic mass is 9.96. The van der Waals surface area contributed by atoms with Gasteiger partial charge in [0.05, 0.1) is 24.0 Å². The summed E-state index contributed by atoms with van der Waals surface area (Å²) in [6.45, 7) is 6.17. The minimum atomic E-state index is -0.140. The summed E-state index contributed by atoms with van der Waals surface area (Å²) in [5.41, 5.74) is 2.37. The van der Waals surface area contributed by atoms with Crippen LogP contribution < -0.4 is 5.32 Å². The SMILES string of the molecule is O=C(NCc1cccc(CN2CCOCC2)c1)C1CCCN(C(=O)c2cccs2)C1. The maximum atomic E-state index is 12.8. The molecule has 160 valence electrons. The Kier molecular flexibility index (Phi) is 7.15. The third-order valence-corrected chi connectivity index (χ3v) is 6.64. The molecular formula is C23H29N3O3S. The molecule has 7 heteroatoms. The van der Waals surface area contributed by atoms with Gasteiger partial charge in [-0.1, -0.05) is 30.3 Å². The fourth-order valence-electron chi connectivity index (χ4n) is 4.12. The number of ether oxygens (including phenoxy) is 1. The quantitative estimate of drug-likeness (QED) is 0.770. The zero-order valence-electron chi connectivity index (χ0n) is 17.2. The van der Waals surface area contributed by atoms with Crippen molar-refractivity contribution in [2.45, 2.75) is 25.9 Å². The van der Waals surface area contributed by atoms with Crippen molar-refractivity contribution in [2.24, 2.45) is 5.92 Å². The zero-order valence-corrected chi connectivity index (χ0v) is 18.0. The summed E-state index contributed by atoms with van der Waals surface area (Å²) in [4.78, 5) is 30.3. The fraction of sp³-hybridized carbons (Fsp3) is 0.478. The topological polar surface area (TPSA) is 61.9 Å². The van der Waals surface area contributed by atoms with Crippen molar-refractivity contribution in [1.82, 2.24) is 15.1 Å². The van der Waals surface area contributed by atoms with Crippen LogP contribution in [0, 0.1) is 5.92 Å². The number of piperidine rings is 1. The molecular weight excluding hydrogens is 398 g/mol. The highest BCUT2D eigenvalue weighted by Gasteiger charge is 2.29. The number of thiophene rings is 1. The maximum absolute atomic E-state index is 12.8. The normalized spacial score (nSPS) is 20.1. The summed E-state index contributed by atoms with van der Waals surface area (Å²) >= 11 is 1.45. The fourth-order valence-corrected chi connectivity index (χ4v) is 4.81. The molecule has 0 spiro atoms. The molecule has 1 aromatic heterocycles. The number of nitrogens with one attached hydrogen (secondary N) is 1. The van der Waals surface area contributed by atoms with Gasteiger partial charge in [-0.3, -0.25) is 14.5 Å². The lowest BCUT2D eigenvalue weighted by Crippen LogP contribution is -2.45. The zero-order chi connectivity index (χ0) is 20.8. The molecule has 0 radical (unpaired) electrons. The Hall–Kier alpha value is -2.22. The molecule has 6 nitrogen and oxygen atoms in total. The van der Waals surface area contributed by atoms with E-state index in [1.807, 2.05) is 22.4 Å². The van der Waals surface area contributed by atoms with Crippen LogP contribution in [0.2, 0.25) is 0 Å². The molecule has 0 saturated carbocycles.